The second-order valence-electron chi connectivity index (χ2n) is 5.78. The van der Waals surface area contributed by atoms with Crippen LogP contribution in [0.1, 0.15) is 15.2 Å². The Balaban J connectivity index is 1.83. The molecule has 0 aliphatic carbocycles. The monoisotopic (exact) mass is 354 g/mol. The Labute approximate surface area is 149 Å². The van der Waals surface area contributed by atoms with Crippen LogP contribution in [-0.4, -0.2) is 36.2 Å². The van der Waals surface area contributed by atoms with Gasteiger partial charge in [0.1, 0.15) is 0 Å². The maximum Gasteiger partial charge on any atom is 0.287 e. The number of hydroxylamine groups is 2. The molecule has 1 N–H and O–H groups in total. The standard InChI is InChI=1S/C19H18N2O3S/c1-20(18(22)10-13-6-4-3-5-7-13)15-9-8-14-11-17(19(23)21(2)24)25-16(14)12-15/h3-9,11-12,24H,10H2,1-2H3. The molecule has 3 aromatic rings. The average Bonchev–Trinajstić information content (AvgIpc) is 3.04. The van der Waals surface area contributed by atoms with Gasteiger partial charge in [-0.2, -0.15) is 0 Å². The lowest BCUT2D eigenvalue weighted by molar-refractivity contribution is -0.117. The van der Waals surface area contributed by atoms with Crippen molar-refractivity contribution in [3.63, 3.8) is 0 Å². The largest absolute Gasteiger partial charge is 0.315 e. The number of benzene rings is 2. The van der Waals surface area contributed by atoms with Crippen molar-refractivity contribution < 1.29 is 14.8 Å². The molecule has 25 heavy (non-hydrogen) atoms. The van der Waals surface area contributed by atoms with Crippen LogP contribution in [0, 0.1) is 0 Å². The molecule has 0 aliphatic heterocycles. The van der Waals surface area contributed by atoms with Gasteiger partial charge >= 0.3 is 0 Å². The summed E-state index contributed by atoms with van der Waals surface area (Å²) in [6.45, 7) is 0. The number of rotatable bonds is 4. The molecule has 6 heteroatoms. The van der Waals surface area contributed by atoms with Crippen molar-refractivity contribution in [1.82, 2.24) is 5.06 Å². The molecule has 0 saturated heterocycles. The van der Waals surface area contributed by atoms with Crippen LogP contribution in [0.4, 0.5) is 5.69 Å². The van der Waals surface area contributed by atoms with Crippen LogP contribution < -0.4 is 4.90 Å². The first-order valence-electron chi connectivity index (χ1n) is 7.76. The molecule has 1 aromatic heterocycles. The minimum absolute atomic E-state index is 0.00602. The molecule has 0 bridgehead atoms. The van der Waals surface area contributed by atoms with Gasteiger partial charge in [-0.3, -0.25) is 14.8 Å². The molecule has 0 saturated carbocycles. The van der Waals surface area contributed by atoms with E-state index < -0.39 is 5.91 Å². The lowest BCUT2D eigenvalue weighted by Gasteiger charge is -2.17. The summed E-state index contributed by atoms with van der Waals surface area (Å²) in [5, 5.41) is 10.8. The summed E-state index contributed by atoms with van der Waals surface area (Å²) in [5.41, 5.74) is 1.74. The first-order chi connectivity index (χ1) is 12.0. The molecule has 0 aliphatic rings. The predicted octanol–water partition coefficient (Wildman–Crippen LogP) is 3.57. The second kappa shape index (κ2) is 7.04. The summed E-state index contributed by atoms with van der Waals surface area (Å²) >= 11 is 1.29. The maximum absolute atomic E-state index is 12.5. The highest BCUT2D eigenvalue weighted by atomic mass is 32.1. The summed E-state index contributed by atoms with van der Waals surface area (Å²) in [7, 11) is 3.04. The predicted molar refractivity (Wildman–Crippen MR) is 99.3 cm³/mol. The SMILES string of the molecule is CN(O)C(=O)c1cc2ccc(N(C)C(=O)Cc3ccccc3)cc2s1. The second-order valence-corrected chi connectivity index (χ2v) is 6.86. The van der Waals surface area contributed by atoms with Crippen LogP contribution in [0.2, 0.25) is 0 Å². The fraction of sp³-hybridized carbons (Fsp3) is 0.158. The number of hydrogen-bond donors (Lipinski definition) is 1. The third kappa shape index (κ3) is 3.70. The van der Waals surface area contributed by atoms with Crippen molar-refractivity contribution in [2.24, 2.45) is 0 Å². The summed E-state index contributed by atoms with van der Waals surface area (Å²) in [6, 6.07) is 17.0. The number of nitrogens with zero attached hydrogens (tertiary/aromatic N) is 2. The normalized spacial score (nSPS) is 10.7. The Bertz CT molecular complexity index is 919. The van der Waals surface area contributed by atoms with Crippen molar-refractivity contribution in [3.8, 4) is 0 Å². The van der Waals surface area contributed by atoms with Gasteiger partial charge in [0.25, 0.3) is 5.91 Å². The van der Waals surface area contributed by atoms with Gasteiger partial charge in [-0.05, 0) is 29.1 Å². The summed E-state index contributed by atoms with van der Waals surface area (Å²) in [4.78, 5) is 26.4. The van der Waals surface area contributed by atoms with Crippen molar-refractivity contribution in [2.75, 3.05) is 19.0 Å². The molecule has 0 fully saturated rings. The molecule has 2 aromatic carbocycles. The zero-order chi connectivity index (χ0) is 18.0. The van der Waals surface area contributed by atoms with E-state index in [1.165, 1.54) is 18.4 Å². The van der Waals surface area contributed by atoms with Crippen LogP contribution in [0.5, 0.6) is 0 Å². The first kappa shape index (κ1) is 17.1. The van der Waals surface area contributed by atoms with Crippen molar-refractivity contribution >= 4 is 38.9 Å². The highest BCUT2D eigenvalue weighted by molar-refractivity contribution is 7.20. The van der Waals surface area contributed by atoms with Crippen molar-refractivity contribution in [3.05, 3.63) is 65.0 Å². The Hall–Kier alpha value is -2.70. The minimum Gasteiger partial charge on any atom is -0.315 e. The molecule has 0 spiro atoms. The highest BCUT2D eigenvalue weighted by Gasteiger charge is 2.16. The molecular formula is C19H18N2O3S. The zero-order valence-electron chi connectivity index (χ0n) is 14.0. The summed E-state index contributed by atoms with van der Waals surface area (Å²) in [5.74, 6) is -0.454. The van der Waals surface area contributed by atoms with E-state index in [9.17, 15) is 14.8 Å². The van der Waals surface area contributed by atoms with E-state index in [2.05, 4.69) is 0 Å². The van der Waals surface area contributed by atoms with Crippen LogP contribution in [0.3, 0.4) is 0 Å². The van der Waals surface area contributed by atoms with Gasteiger partial charge in [-0.25, -0.2) is 5.06 Å². The van der Waals surface area contributed by atoms with E-state index in [-0.39, 0.29) is 5.91 Å². The maximum atomic E-state index is 12.5. The van der Waals surface area contributed by atoms with E-state index in [1.807, 2.05) is 48.5 Å². The van der Waals surface area contributed by atoms with E-state index >= 15 is 0 Å². The first-order valence-corrected chi connectivity index (χ1v) is 8.58. The van der Waals surface area contributed by atoms with E-state index in [0.717, 1.165) is 21.3 Å². The minimum atomic E-state index is -0.448. The number of likely N-dealkylation sites (N-methyl/N-ethyl adjacent to an activating group) is 1. The molecule has 3 rings (SSSR count). The van der Waals surface area contributed by atoms with Gasteiger partial charge in [0, 0.05) is 24.5 Å². The van der Waals surface area contributed by atoms with Crippen LogP contribution in [-0.2, 0) is 11.2 Å². The molecule has 128 valence electrons. The topological polar surface area (TPSA) is 60.9 Å². The molecule has 0 radical (unpaired) electrons. The number of fused-ring (bicyclic) bond motifs is 1. The lowest BCUT2D eigenvalue weighted by Crippen LogP contribution is -2.27. The number of amides is 2. The molecule has 1 heterocycles. The highest BCUT2D eigenvalue weighted by Crippen LogP contribution is 2.30. The van der Waals surface area contributed by atoms with Gasteiger partial charge in [0.05, 0.1) is 11.3 Å². The van der Waals surface area contributed by atoms with E-state index in [4.69, 9.17) is 0 Å². The summed E-state index contributed by atoms with van der Waals surface area (Å²) < 4.78 is 0.891. The molecule has 5 nitrogen and oxygen atoms in total. The molecule has 0 unspecified atom stereocenters. The third-order valence-electron chi connectivity index (χ3n) is 3.97. The quantitative estimate of drug-likeness (QED) is 0.575. The van der Waals surface area contributed by atoms with Crippen LogP contribution in [0.15, 0.2) is 54.6 Å². The van der Waals surface area contributed by atoms with Gasteiger partial charge in [-0.1, -0.05) is 36.4 Å². The van der Waals surface area contributed by atoms with Gasteiger partial charge in [0.2, 0.25) is 5.91 Å². The molecule has 0 atom stereocenters. The Morgan fingerprint density at radius 3 is 2.44 bits per heavy atom. The number of anilines is 1. The molecule has 2 amide bonds. The van der Waals surface area contributed by atoms with Crippen molar-refractivity contribution in [1.29, 1.82) is 0 Å². The van der Waals surface area contributed by atoms with Gasteiger partial charge < -0.3 is 4.90 Å². The Morgan fingerprint density at radius 2 is 1.76 bits per heavy atom. The number of thiophene rings is 1. The summed E-state index contributed by atoms with van der Waals surface area (Å²) in [6.07, 6.45) is 0.332. The Kier molecular flexibility index (Phi) is 4.83. The van der Waals surface area contributed by atoms with Crippen LogP contribution >= 0.6 is 11.3 Å². The average molecular weight is 354 g/mol. The number of carbonyl (C=O) groups excluding carboxylic acids is 2. The van der Waals surface area contributed by atoms with E-state index in [1.54, 1.807) is 18.0 Å². The molecular weight excluding hydrogens is 336 g/mol. The van der Waals surface area contributed by atoms with Crippen molar-refractivity contribution in [2.45, 2.75) is 6.42 Å². The Morgan fingerprint density at radius 1 is 1.04 bits per heavy atom. The number of carbonyl (C=O) groups is 2. The lowest BCUT2D eigenvalue weighted by atomic mass is 10.1. The van der Waals surface area contributed by atoms with Crippen LogP contribution in [0.25, 0.3) is 10.1 Å². The zero-order valence-corrected chi connectivity index (χ0v) is 14.8. The fourth-order valence-corrected chi connectivity index (χ4v) is 3.59. The van der Waals surface area contributed by atoms with Gasteiger partial charge in [0.15, 0.2) is 0 Å². The number of hydrogen-bond acceptors (Lipinski definition) is 4. The van der Waals surface area contributed by atoms with E-state index in [0.29, 0.717) is 16.4 Å². The smallest absolute Gasteiger partial charge is 0.287 e. The van der Waals surface area contributed by atoms with Gasteiger partial charge in [-0.15, -0.1) is 11.3 Å². The fourth-order valence-electron chi connectivity index (χ4n) is 2.53. The third-order valence-corrected chi connectivity index (χ3v) is 5.05.